The summed E-state index contributed by atoms with van der Waals surface area (Å²) >= 11 is 0. The van der Waals surface area contributed by atoms with Crippen LogP contribution in [-0.4, -0.2) is 31.1 Å². The van der Waals surface area contributed by atoms with Crippen LogP contribution in [0.25, 0.3) is 0 Å². The lowest BCUT2D eigenvalue weighted by Crippen LogP contribution is -2.15. The van der Waals surface area contributed by atoms with Gasteiger partial charge in [-0.25, -0.2) is 4.79 Å². The number of esters is 1. The van der Waals surface area contributed by atoms with E-state index in [1.807, 2.05) is 19.2 Å². The molecule has 0 bridgehead atoms. The fourth-order valence-corrected chi connectivity index (χ4v) is 2.54. The SMILES string of the molecule is CCCCC(CC)COC(=O)/C(C#N)=C/C=C1/CCCN1C. The summed E-state index contributed by atoms with van der Waals surface area (Å²) in [4.78, 5) is 14.1. The molecule has 1 saturated heterocycles. The van der Waals surface area contributed by atoms with Crippen LogP contribution < -0.4 is 0 Å². The predicted molar refractivity (Wildman–Crippen MR) is 87.9 cm³/mol. The molecule has 0 aromatic rings. The molecule has 1 heterocycles. The number of likely N-dealkylation sites (tertiary alicyclic amines) is 1. The molecule has 0 amide bonds. The van der Waals surface area contributed by atoms with Gasteiger partial charge >= 0.3 is 5.97 Å². The second-order valence-corrected chi connectivity index (χ2v) is 5.89. The summed E-state index contributed by atoms with van der Waals surface area (Å²) in [6.45, 7) is 5.70. The van der Waals surface area contributed by atoms with Crippen LogP contribution in [0.5, 0.6) is 0 Å². The highest BCUT2D eigenvalue weighted by molar-refractivity contribution is 5.93. The summed E-state index contributed by atoms with van der Waals surface area (Å²) < 4.78 is 5.31. The molecule has 0 N–H and O–H groups in total. The van der Waals surface area contributed by atoms with Gasteiger partial charge < -0.3 is 9.64 Å². The zero-order chi connectivity index (χ0) is 16.4. The van der Waals surface area contributed by atoms with Gasteiger partial charge in [-0.2, -0.15) is 5.26 Å². The lowest BCUT2D eigenvalue weighted by molar-refractivity contribution is -0.140. The highest BCUT2D eigenvalue weighted by Crippen LogP contribution is 2.19. The van der Waals surface area contributed by atoms with Crippen molar-refractivity contribution in [3.05, 3.63) is 23.4 Å². The standard InChI is InChI=1S/C18H28N2O2/c1-4-6-8-15(5-2)14-22-18(21)16(13-19)10-11-17-9-7-12-20(17)3/h10-11,15H,4-9,12,14H2,1-3H3/b16-10+,17-11-. The fourth-order valence-electron chi connectivity index (χ4n) is 2.54. The molecule has 0 saturated carbocycles. The van der Waals surface area contributed by atoms with Crippen LogP contribution in [0.4, 0.5) is 0 Å². The van der Waals surface area contributed by atoms with E-state index in [1.54, 1.807) is 6.08 Å². The molecule has 1 unspecified atom stereocenters. The first-order chi connectivity index (χ1) is 10.6. The van der Waals surface area contributed by atoms with Crippen molar-refractivity contribution >= 4 is 5.97 Å². The van der Waals surface area contributed by atoms with Crippen LogP contribution in [0, 0.1) is 17.2 Å². The minimum Gasteiger partial charge on any atom is -0.461 e. The Balaban J connectivity index is 2.55. The Bertz CT molecular complexity index is 460. The van der Waals surface area contributed by atoms with Crippen molar-refractivity contribution in [2.45, 2.75) is 52.4 Å². The molecule has 4 nitrogen and oxygen atoms in total. The van der Waals surface area contributed by atoms with Crippen molar-refractivity contribution < 1.29 is 9.53 Å². The molecule has 1 rings (SSSR count). The smallest absolute Gasteiger partial charge is 0.348 e. The number of allylic oxidation sites excluding steroid dienone is 3. The van der Waals surface area contributed by atoms with Gasteiger partial charge in [-0.3, -0.25) is 0 Å². The molecule has 122 valence electrons. The monoisotopic (exact) mass is 304 g/mol. The fraction of sp³-hybridized carbons (Fsp3) is 0.667. The Morgan fingerprint density at radius 2 is 2.27 bits per heavy atom. The molecule has 0 aliphatic carbocycles. The highest BCUT2D eigenvalue weighted by atomic mass is 16.5. The number of rotatable bonds is 8. The number of hydrogen-bond acceptors (Lipinski definition) is 4. The van der Waals surface area contributed by atoms with Gasteiger partial charge in [0.25, 0.3) is 0 Å². The molecule has 1 aliphatic rings. The summed E-state index contributed by atoms with van der Waals surface area (Å²) in [5, 5.41) is 9.14. The second kappa shape index (κ2) is 10.0. The maximum Gasteiger partial charge on any atom is 0.348 e. The molecule has 4 heteroatoms. The first-order valence-electron chi connectivity index (χ1n) is 8.31. The van der Waals surface area contributed by atoms with E-state index in [1.165, 1.54) is 0 Å². The molecular weight excluding hydrogens is 276 g/mol. The van der Waals surface area contributed by atoms with Gasteiger partial charge in [-0.1, -0.05) is 33.1 Å². The van der Waals surface area contributed by atoms with Crippen LogP contribution in [0.3, 0.4) is 0 Å². The first-order valence-corrected chi connectivity index (χ1v) is 8.31. The Morgan fingerprint density at radius 3 is 2.82 bits per heavy atom. The van der Waals surface area contributed by atoms with Crippen molar-refractivity contribution in [3.8, 4) is 6.07 Å². The largest absolute Gasteiger partial charge is 0.461 e. The maximum atomic E-state index is 12.0. The summed E-state index contributed by atoms with van der Waals surface area (Å²) in [7, 11) is 2.02. The van der Waals surface area contributed by atoms with Gasteiger partial charge in [-0.05, 0) is 37.3 Å². The van der Waals surface area contributed by atoms with E-state index in [0.29, 0.717) is 12.5 Å². The van der Waals surface area contributed by atoms with Crippen LogP contribution in [0.1, 0.15) is 52.4 Å². The zero-order valence-corrected chi connectivity index (χ0v) is 14.1. The Kier molecular flexibility index (Phi) is 8.35. The second-order valence-electron chi connectivity index (χ2n) is 5.89. The lowest BCUT2D eigenvalue weighted by Gasteiger charge is -2.14. The number of carbonyl (C=O) groups is 1. The molecule has 0 spiro atoms. The predicted octanol–water partition coefficient (Wildman–Crippen LogP) is 3.81. The van der Waals surface area contributed by atoms with E-state index in [-0.39, 0.29) is 5.57 Å². The third-order valence-corrected chi connectivity index (χ3v) is 4.19. The average Bonchev–Trinajstić information content (AvgIpc) is 2.93. The molecule has 0 aromatic carbocycles. The normalized spacial score (nSPS) is 18.4. The summed E-state index contributed by atoms with van der Waals surface area (Å²) in [5.41, 5.74) is 1.24. The highest BCUT2D eigenvalue weighted by Gasteiger charge is 2.15. The number of nitriles is 1. The summed E-state index contributed by atoms with van der Waals surface area (Å²) in [6, 6.07) is 1.95. The van der Waals surface area contributed by atoms with Gasteiger partial charge in [0, 0.05) is 19.3 Å². The molecule has 0 aromatic heterocycles. The Labute approximate surface area is 134 Å². The van der Waals surface area contributed by atoms with Crippen molar-refractivity contribution in [1.82, 2.24) is 4.90 Å². The van der Waals surface area contributed by atoms with E-state index < -0.39 is 5.97 Å². The van der Waals surface area contributed by atoms with Crippen LogP contribution in [0.15, 0.2) is 23.4 Å². The minimum absolute atomic E-state index is 0.0816. The van der Waals surface area contributed by atoms with Crippen LogP contribution in [-0.2, 0) is 9.53 Å². The summed E-state index contributed by atoms with van der Waals surface area (Å²) in [6.07, 6.45) is 9.93. The maximum absolute atomic E-state index is 12.0. The Morgan fingerprint density at radius 1 is 1.50 bits per heavy atom. The summed E-state index contributed by atoms with van der Waals surface area (Å²) in [5.74, 6) is -0.113. The lowest BCUT2D eigenvalue weighted by atomic mass is 10.0. The molecule has 1 aliphatic heterocycles. The van der Waals surface area contributed by atoms with E-state index in [9.17, 15) is 4.79 Å². The van der Waals surface area contributed by atoms with Gasteiger partial charge in [0.2, 0.25) is 0 Å². The van der Waals surface area contributed by atoms with Crippen molar-refractivity contribution in [1.29, 1.82) is 5.26 Å². The number of unbranched alkanes of at least 4 members (excludes halogenated alkanes) is 1. The van der Waals surface area contributed by atoms with E-state index in [2.05, 4.69) is 18.7 Å². The van der Waals surface area contributed by atoms with Crippen molar-refractivity contribution in [2.75, 3.05) is 20.2 Å². The quantitative estimate of drug-likeness (QED) is 0.389. The van der Waals surface area contributed by atoms with Crippen LogP contribution >= 0.6 is 0 Å². The number of carbonyl (C=O) groups excluding carboxylic acids is 1. The third kappa shape index (κ3) is 5.93. The van der Waals surface area contributed by atoms with E-state index >= 15 is 0 Å². The minimum atomic E-state index is -0.505. The third-order valence-electron chi connectivity index (χ3n) is 4.19. The van der Waals surface area contributed by atoms with E-state index in [4.69, 9.17) is 10.00 Å². The topological polar surface area (TPSA) is 53.3 Å². The van der Waals surface area contributed by atoms with Gasteiger partial charge in [0.05, 0.1) is 6.61 Å². The number of nitrogens with zero attached hydrogens (tertiary/aromatic N) is 2. The molecule has 1 fully saturated rings. The van der Waals surface area contributed by atoms with Crippen molar-refractivity contribution in [2.24, 2.45) is 5.92 Å². The average molecular weight is 304 g/mol. The Hall–Kier alpha value is -1.76. The van der Waals surface area contributed by atoms with Crippen LogP contribution in [0.2, 0.25) is 0 Å². The van der Waals surface area contributed by atoms with Gasteiger partial charge in [-0.15, -0.1) is 0 Å². The zero-order valence-electron chi connectivity index (χ0n) is 14.1. The van der Waals surface area contributed by atoms with E-state index in [0.717, 1.165) is 50.8 Å². The first kappa shape index (κ1) is 18.3. The van der Waals surface area contributed by atoms with Gasteiger partial charge in [0.1, 0.15) is 11.6 Å². The number of hydrogen-bond donors (Lipinski definition) is 0. The number of ether oxygens (including phenoxy) is 1. The molecule has 22 heavy (non-hydrogen) atoms. The van der Waals surface area contributed by atoms with Gasteiger partial charge in [0.15, 0.2) is 0 Å². The van der Waals surface area contributed by atoms with Crippen molar-refractivity contribution in [3.63, 3.8) is 0 Å². The molecule has 1 atom stereocenters. The molecule has 0 radical (unpaired) electrons. The molecular formula is C18H28N2O2.